The number of hydrogen-bond acceptors (Lipinski definition) is 2. The SMILES string of the molecule is CCC(CN)c1ccc(C(C)C)cc1OC. The zero-order chi connectivity index (χ0) is 12.1. The van der Waals surface area contributed by atoms with Crippen LogP contribution in [0.25, 0.3) is 0 Å². The van der Waals surface area contributed by atoms with Gasteiger partial charge in [-0.05, 0) is 42.0 Å². The normalized spacial score (nSPS) is 12.9. The average Bonchev–Trinajstić information content (AvgIpc) is 2.30. The van der Waals surface area contributed by atoms with E-state index in [-0.39, 0.29) is 0 Å². The van der Waals surface area contributed by atoms with Gasteiger partial charge in [0.2, 0.25) is 0 Å². The highest BCUT2D eigenvalue weighted by atomic mass is 16.5. The van der Waals surface area contributed by atoms with Gasteiger partial charge in [-0.15, -0.1) is 0 Å². The summed E-state index contributed by atoms with van der Waals surface area (Å²) >= 11 is 0. The van der Waals surface area contributed by atoms with Gasteiger partial charge in [0.05, 0.1) is 7.11 Å². The van der Waals surface area contributed by atoms with Crippen LogP contribution >= 0.6 is 0 Å². The highest BCUT2D eigenvalue weighted by molar-refractivity contribution is 5.41. The van der Waals surface area contributed by atoms with Gasteiger partial charge >= 0.3 is 0 Å². The van der Waals surface area contributed by atoms with Gasteiger partial charge in [-0.1, -0.05) is 32.9 Å². The van der Waals surface area contributed by atoms with Gasteiger partial charge in [-0.3, -0.25) is 0 Å². The van der Waals surface area contributed by atoms with E-state index in [2.05, 4.69) is 39.0 Å². The smallest absolute Gasteiger partial charge is 0.122 e. The van der Waals surface area contributed by atoms with Crippen LogP contribution in [0.4, 0.5) is 0 Å². The molecule has 2 N–H and O–H groups in total. The summed E-state index contributed by atoms with van der Waals surface area (Å²) in [6, 6.07) is 6.48. The van der Waals surface area contributed by atoms with Crippen LogP contribution in [-0.4, -0.2) is 13.7 Å². The molecule has 0 aliphatic heterocycles. The van der Waals surface area contributed by atoms with E-state index in [1.54, 1.807) is 7.11 Å². The Morgan fingerprint density at radius 1 is 1.31 bits per heavy atom. The summed E-state index contributed by atoms with van der Waals surface area (Å²) in [7, 11) is 1.73. The third-order valence-corrected chi connectivity index (χ3v) is 3.14. The van der Waals surface area contributed by atoms with Crippen molar-refractivity contribution in [1.82, 2.24) is 0 Å². The molecule has 16 heavy (non-hydrogen) atoms. The van der Waals surface area contributed by atoms with E-state index < -0.39 is 0 Å². The molecule has 2 nitrogen and oxygen atoms in total. The average molecular weight is 221 g/mol. The van der Waals surface area contributed by atoms with E-state index in [4.69, 9.17) is 10.5 Å². The molecular weight excluding hydrogens is 198 g/mol. The molecule has 0 aromatic heterocycles. The van der Waals surface area contributed by atoms with Crippen LogP contribution in [0, 0.1) is 0 Å². The first-order chi connectivity index (χ1) is 7.63. The van der Waals surface area contributed by atoms with Crippen LogP contribution in [0.5, 0.6) is 5.75 Å². The van der Waals surface area contributed by atoms with E-state index >= 15 is 0 Å². The molecule has 0 fully saturated rings. The second-order valence-electron chi connectivity index (χ2n) is 4.50. The molecule has 0 spiro atoms. The second-order valence-corrected chi connectivity index (χ2v) is 4.50. The Morgan fingerprint density at radius 2 is 2.00 bits per heavy atom. The lowest BCUT2D eigenvalue weighted by Crippen LogP contribution is -2.12. The maximum absolute atomic E-state index is 5.78. The molecule has 90 valence electrons. The summed E-state index contributed by atoms with van der Waals surface area (Å²) in [5.41, 5.74) is 8.33. The molecule has 0 aliphatic rings. The Labute approximate surface area is 98.8 Å². The molecule has 0 amide bonds. The largest absolute Gasteiger partial charge is 0.496 e. The number of ether oxygens (including phenoxy) is 1. The first-order valence-corrected chi connectivity index (χ1v) is 6.01. The number of nitrogens with two attached hydrogens (primary N) is 1. The highest BCUT2D eigenvalue weighted by Gasteiger charge is 2.14. The molecule has 0 heterocycles. The summed E-state index contributed by atoms with van der Waals surface area (Å²) in [5, 5.41) is 0. The van der Waals surface area contributed by atoms with Gasteiger partial charge in [-0.2, -0.15) is 0 Å². The molecule has 0 aliphatic carbocycles. The van der Waals surface area contributed by atoms with E-state index in [9.17, 15) is 0 Å². The summed E-state index contributed by atoms with van der Waals surface area (Å²) in [6.45, 7) is 7.21. The van der Waals surface area contributed by atoms with Gasteiger partial charge in [0.1, 0.15) is 5.75 Å². The minimum Gasteiger partial charge on any atom is -0.496 e. The lowest BCUT2D eigenvalue weighted by molar-refractivity contribution is 0.404. The number of methoxy groups -OCH3 is 1. The predicted molar refractivity (Wildman–Crippen MR) is 69.2 cm³/mol. The van der Waals surface area contributed by atoms with Gasteiger partial charge in [0.15, 0.2) is 0 Å². The number of rotatable bonds is 5. The van der Waals surface area contributed by atoms with Crippen LogP contribution in [0.1, 0.15) is 50.2 Å². The Kier molecular flexibility index (Phi) is 4.81. The molecule has 1 aromatic carbocycles. The van der Waals surface area contributed by atoms with Crippen molar-refractivity contribution >= 4 is 0 Å². The monoisotopic (exact) mass is 221 g/mol. The zero-order valence-corrected chi connectivity index (χ0v) is 10.8. The quantitative estimate of drug-likeness (QED) is 0.828. The van der Waals surface area contributed by atoms with Crippen molar-refractivity contribution in [2.75, 3.05) is 13.7 Å². The molecule has 0 bridgehead atoms. The molecular formula is C14H23NO. The minimum atomic E-state index is 0.399. The standard InChI is InChI=1S/C14H23NO/c1-5-11(9-15)13-7-6-12(10(2)3)8-14(13)16-4/h6-8,10-11H,5,9,15H2,1-4H3. The van der Waals surface area contributed by atoms with E-state index in [0.29, 0.717) is 18.4 Å². The zero-order valence-electron chi connectivity index (χ0n) is 10.8. The number of benzene rings is 1. The molecule has 2 heteroatoms. The van der Waals surface area contributed by atoms with E-state index in [1.807, 2.05) is 0 Å². The maximum Gasteiger partial charge on any atom is 0.122 e. The van der Waals surface area contributed by atoms with E-state index in [1.165, 1.54) is 11.1 Å². The summed E-state index contributed by atoms with van der Waals surface area (Å²) in [4.78, 5) is 0. The lowest BCUT2D eigenvalue weighted by Gasteiger charge is -2.18. The highest BCUT2D eigenvalue weighted by Crippen LogP contribution is 2.31. The summed E-state index contributed by atoms with van der Waals surface area (Å²) in [6.07, 6.45) is 1.05. The Bertz CT molecular complexity index is 330. The van der Waals surface area contributed by atoms with E-state index in [0.717, 1.165) is 12.2 Å². The fraction of sp³-hybridized carbons (Fsp3) is 0.571. The summed E-state index contributed by atoms with van der Waals surface area (Å²) in [5.74, 6) is 1.90. The lowest BCUT2D eigenvalue weighted by atomic mass is 9.92. The van der Waals surface area contributed by atoms with Crippen molar-refractivity contribution in [3.8, 4) is 5.75 Å². The van der Waals surface area contributed by atoms with Crippen molar-refractivity contribution in [2.45, 2.75) is 39.0 Å². The van der Waals surface area contributed by atoms with Crippen molar-refractivity contribution in [3.63, 3.8) is 0 Å². The van der Waals surface area contributed by atoms with Crippen LogP contribution in [-0.2, 0) is 0 Å². The molecule has 0 saturated heterocycles. The van der Waals surface area contributed by atoms with Crippen LogP contribution in [0.3, 0.4) is 0 Å². The molecule has 1 unspecified atom stereocenters. The first kappa shape index (κ1) is 13.0. The van der Waals surface area contributed by atoms with Gasteiger partial charge in [0.25, 0.3) is 0 Å². The fourth-order valence-corrected chi connectivity index (χ4v) is 1.94. The fourth-order valence-electron chi connectivity index (χ4n) is 1.94. The van der Waals surface area contributed by atoms with Gasteiger partial charge in [0, 0.05) is 0 Å². The first-order valence-electron chi connectivity index (χ1n) is 6.01. The van der Waals surface area contributed by atoms with Crippen molar-refractivity contribution < 1.29 is 4.74 Å². The Balaban J connectivity index is 3.10. The van der Waals surface area contributed by atoms with Gasteiger partial charge < -0.3 is 10.5 Å². The van der Waals surface area contributed by atoms with Crippen LogP contribution in [0.2, 0.25) is 0 Å². The topological polar surface area (TPSA) is 35.2 Å². The third kappa shape index (κ3) is 2.76. The maximum atomic E-state index is 5.78. The predicted octanol–water partition coefficient (Wildman–Crippen LogP) is 3.27. The molecule has 1 atom stereocenters. The summed E-state index contributed by atoms with van der Waals surface area (Å²) < 4.78 is 5.47. The molecule has 1 rings (SSSR count). The van der Waals surface area contributed by atoms with Crippen molar-refractivity contribution in [2.24, 2.45) is 5.73 Å². The molecule has 0 saturated carbocycles. The minimum absolute atomic E-state index is 0.399. The van der Waals surface area contributed by atoms with Gasteiger partial charge in [-0.25, -0.2) is 0 Å². The third-order valence-electron chi connectivity index (χ3n) is 3.14. The molecule has 1 aromatic rings. The molecule has 0 radical (unpaired) electrons. The van der Waals surface area contributed by atoms with Crippen LogP contribution < -0.4 is 10.5 Å². The number of hydrogen-bond donors (Lipinski definition) is 1. The van der Waals surface area contributed by atoms with Crippen LogP contribution in [0.15, 0.2) is 18.2 Å². The van der Waals surface area contributed by atoms with Crippen molar-refractivity contribution in [3.05, 3.63) is 29.3 Å². The Morgan fingerprint density at radius 3 is 2.44 bits per heavy atom. The second kappa shape index (κ2) is 5.90. The Hall–Kier alpha value is -1.02. The van der Waals surface area contributed by atoms with Crippen molar-refractivity contribution in [1.29, 1.82) is 0 Å².